The SMILES string of the molecule is CN1/C(=C/C=Nc2ccc(I)cc2)C(C)(C)c2ccccc21. The van der Waals surface area contributed by atoms with Crippen molar-refractivity contribution in [2.24, 2.45) is 4.99 Å². The smallest absolute Gasteiger partial charge is 0.0630 e. The standard InChI is InChI=1S/C19H19IN2/c1-19(2)16-6-4-5-7-17(16)22(3)18(19)12-13-21-15-10-8-14(20)9-11-15/h4-13H,1-3H3/b18-12+,21-13?. The third-order valence-electron chi connectivity index (χ3n) is 4.22. The largest absolute Gasteiger partial charge is 0.347 e. The van der Waals surface area contributed by atoms with Crippen LogP contribution >= 0.6 is 22.6 Å². The van der Waals surface area contributed by atoms with Crippen molar-refractivity contribution in [3.63, 3.8) is 0 Å². The van der Waals surface area contributed by atoms with Gasteiger partial charge in [-0.1, -0.05) is 32.0 Å². The quantitative estimate of drug-likeness (QED) is 0.492. The molecule has 112 valence electrons. The molecule has 0 unspecified atom stereocenters. The molecule has 2 nitrogen and oxygen atoms in total. The second-order valence-electron chi connectivity index (χ2n) is 6.01. The summed E-state index contributed by atoms with van der Waals surface area (Å²) in [4.78, 5) is 6.80. The molecule has 3 heteroatoms. The number of aliphatic imine (C=N–C) groups is 1. The van der Waals surface area contributed by atoms with E-state index in [1.54, 1.807) is 0 Å². The summed E-state index contributed by atoms with van der Waals surface area (Å²) < 4.78 is 1.22. The van der Waals surface area contributed by atoms with E-state index in [9.17, 15) is 0 Å². The van der Waals surface area contributed by atoms with Crippen molar-refractivity contribution in [1.29, 1.82) is 0 Å². The molecule has 2 aromatic rings. The van der Waals surface area contributed by atoms with Gasteiger partial charge in [0.2, 0.25) is 0 Å². The third-order valence-corrected chi connectivity index (χ3v) is 4.94. The Balaban J connectivity index is 1.90. The highest BCUT2D eigenvalue weighted by molar-refractivity contribution is 14.1. The van der Waals surface area contributed by atoms with Gasteiger partial charge in [0.1, 0.15) is 0 Å². The van der Waals surface area contributed by atoms with Crippen LogP contribution in [0.2, 0.25) is 0 Å². The fourth-order valence-corrected chi connectivity index (χ4v) is 3.38. The zero-order chi connectivity index (χ0) is 15.7. The number of nitrogens with zero attached hydrogens (tertiary/aromatic N) is 2. The minimum absolute atomic E-state index is 0.00340. The van der Waals surface area contributed by atoms with Gasteiger partial charge in [-0.3, -0.25) is 4.99 Å². The van der Waals surface area contributed by atoms with Gasteiger partial charge in [-0.15, -0.1) is 0 Å². The van der Waals surface area contributed by atoms with Crippen LogP contribution in [0.25, 0.3) is 0 Å². The monoisotopic (exact) mass is 402 g/mol. The number of hydrogen-bond donors (Lipinski definition) is 0. The highest BCUT2D eigenvalue weighted by Gasteiger charge is 2.37. The first-order valence-corrected chi connectivity index (χ1v) is 8.41. The van der Waals surface area contributed by atoms with Gasteiger partial charge in [0, 0.05) is 33.6 Å². The molecule has 0 saturated carbocycles. The summed E-state index contributed by atoms with van der Waals surface area (Å²) in [6, 6.07) is 16.8. The maximum absolute atomic E-state index is 4.54. The molecule has 1 heterocycles. The average molecular weight is 402 g/mol. The number of anilines is 1. The maximum atomic E-state index is 4.54. The van der Waals surface area contributed by atoms with E-state index >= 15 is 0 Å². The van der Waals surface area contributed by atoms with E-state index in [4.69, 9.17) is 0 Å². The second kappa shape index (κ2) is 5.88. The number of hydrogen-bond acceptors (Lipinski definition) is 2. The van der Waals surface area contributed by atoms with Crippen molar-refractivity contribution >= 4 is 40.2 Å². The zero-order valence-corrected chi connectivity index (χ0v) is 15.2. The molecule has 3 rings (SSSR count). The van der Waals surface area contributed by atoms with Crippen LogP contribution in [0.5, 0.6) is 0 Å². The van der Waals surface area contributed by atoms with Crippen LogP contribution in [0, 0.1) is 3.57 Å². The summed E-state index contributed by atoms with van der Waals surface area (Å²) in [5, 5.41) is 0. The molecule has 1 aliphatic heterocycles. The number of likely N-dealkylation sites (N-methyl/N-ethyl adjacent to an activating group) is 1. The molecule has 2 aromatic carbocycles. The molecule has 0 fully saturated rings. The first kappa shape index (κ1) is 15.3. The van der Waals surface area contributed by atoms with E-state index in [0.717, 1.165) is 5.69 Å². The summed E-state index contributed by atoms with van der Waals surface area (Å²) in [5.74, 6) is 0. The molecule has 0 atom stereocenters. The lowest BCUT2D eigenvalue weighted by atomic mass is 9.84. The van der Waals surface area contributed by atoms with Crippen LogP contribution in [0.3, 0.4) is 0 Å². The lowest BCUT2D eigenvalue weighted by molar-refractivity contribution is 0.641. The van der Waals surface area contributed by atoms with Crippen molar-refractivity contribution in [2.45, 2.75) is 19.3 Å². The lowest BCUT2D eigenvalue weighted by Crippen LogP contribution is -2.22. The van der Waals surface area contributed by atoms with Crippen LogP contribution in [0.4, 0.5) is 11.4 Å². The van der Waals surface area contributed by atoms with Crippen molar-refractivity contribution in [3.8, 4) is 0 Å². The summed E-state index contributed by atoms with van der Waals surface area (Å²) in [7, 11) is 2.12. The number of benzene rings is 2. The summed E-state index contributed by atoms with van der Waals surface area (Å²) in [6.07, 6.45) is 4.03. The molecular weight excluding hydrogens is 383 g/mol. The van der Waals surface area contributed by atoms with Crippen LogP contribution in [0.15, 0.2) is 65.3 Å². The van der Waals surface area contributed by atoms with Gasteiger partial charge < -0.3 is 4.90 Å². The Labute approximate surface area is 145 Å². The van der Waals surface area contributed by atoms with Crippen LogP contribution in [-0.2, 0) is 5.41 Å². The highest BCUT2D eigenvalue weighted by Crippen LogP contribution is 2.46. The molecule has 0 N–H and O–H groups in total. The molecule has 0 spiro atoms. The normalized spacial score (nSPS) is 18.2. The Morgan fingerprint density at radius 3 is 2.41 bits per heavy atom. The van der Waals surface area contributed by atoms with Gasteiger partial charge in [0.05, 0.1) is 5.69 Å². The van der Waals surface area contributed by atoms with Gasteiger partial charge in [-0.2, -0.15) is 0 Å². The van der Waals surface area contributed by atoms with Crippen molar-refractivity contribution in [3.05, 3.63) is 69.4 Å². The summed E-state index contributed by atoms with van der Waals surface area (Å²) >= 11 is 2.30. The number of para-hydroxylation sites is 1. The Bertz CT molecular complexity index is 742. The van der Waals surface area contributed by atoms with Crippen LogP contribution < -0.4 is 4.90 Å². The van der Waals surface area contributed by atoms with Crippen LogP contribution in [-0.4, -0.2) is 13.3 Å². The lowest BCUT2D eigenvalue weighted by Gasteiger charge is -2.23. The number of fused-ring (bicyclic) bond motifs is 1. The fraction of sp³-hybridized carbons (Fsp3) is 0.211. The molecule has 0 bridgehead atoms. The molecule has 0 saturated heterocycles. The highest BCUT2D eigenvalue weighted by atomic mass is 127. The van der Waals surface area contributed by atoms with E-state index in [2.05, 4.69) is 95.9 Å². The van der Waals surface area contributed by atoms with Gasteiger partial charge in [-0.25, -0.2) is 0 Å². The first-order chi connectivity index (χ1) is 10.5. The van der Waals surface area contributed by atoms with Gasteiger partial charge in [-0.05, 0) is 64.6 Å². The van der Waals surface area contributed by atoms with E-state index < -0.39 is 0 Å². The van der Waals surface area contributed by atoms with E-state index in [1.807, 2.05) is 18.3 Å². The van der Waals surface area contributed by atoms with E-state index in [1.165, 1.54) is 20.5 Å². The molecule has 0 aromatic heterocycles. The topological polar surface area (TPSA) is 15.6 Å². The third kappa shape index (κ3) is 2.70. The average Bonchev–Trinajstić information content (AvgIpc) is 2.70. The minimum Gasteiger partial charge on any atom is -0.347 e. The summed E-state index contributed by atoms with van der Waals surface area (Å²) in [6.45, 7) is 4.53. The zero-order valence-electron chi connectivity index (χ0n) is 13.0. The van der Waals surface area contributed by atoms with E-state index in [-0.39, 0.29) is 5.41 Å². The number of allylic oxidation sites excluding steroid dienone is 2. The predicted molar refractivity (Wildman–Crippen MR) is 103 cm³/mol. The molecule has 0 amide bonds. The molecule has 1 aliphatic rings. The molecule has 0 radical (unpaired) electrons. The molecular formula is C19H19IN2. The molecule has 22 heavy (non-hydrogen) atoms. The Kier molecular flexibility index (Phi) is 4.08. The molecule has 0 aliphatic carbocycles. The van der Waals surface area contributed by atoms with Crippen LogP contribution in [0.1, 0.15) is 19.4 Å². The minimum atomic E-state index is 0.00340. The maximum Gasteiger partial charge on any atom is 0.0630 e. The van der Waals surface area contributed by atoms with Crippen molar-refractivity contribution in [2.75, 3.05) is 11.9 Å². The Hall–Kier alpha value is -1.62. The fourth-order valence-electron chi connectivity index (χ4n) is 3.02. The second-order valence-corrected chi connectivity index (χ2v) is 7.25. The van der Waals surface area contributed by atoms with E-state index in [0.29, 0.717) is 0 Å². The van der Waals surface area contributed by atoms with Crippen molar-refractivity contribution in [1.82, 2.24) is 0 Å². The van der Waals surface area contributed by atoms with Crippen molar-refractivity contribution < 1.29 is 0 Å². The summed E-state index contributed by atoms with van der Waals surface area (Å²) in [5.41, 5.74) is 4.90. The number of halogens is 1. The van der Waals surface area contributed by atoms with Gasteiger partial charge >= 0.3 is 0 Å². The van der Waals surface area contributed by atoms with Gasteiger partial charge in [0.15, 0.2) is 0 Å². The Morgan fingerprint density at radius 1 is 1.05 bits per heavy atom. The predicted octanol–water partition coefficient (Wildman–Crippen LogP) is 5.31. The first-order valence-electron chi connectivity index (χ1n) is 7.34. The number of rotatable bonds is 2. The Morgan fingerprint density at radius 2 is 1.73 bits per heavy atom. The van der Waals surface area contributed by atoms with Gasteiger partial charge in [0.25, 0.3) is 0 Å².